The predicted molar refractivity (Wildman–Crippen MR) is 76.2 cm³/mol. The van der Waals surface area contributed by atoms with Crippen molar-refractivity contribution >= 4 is 0 Å². The van der Waals surface area contributed by atoms with E-state index < -0.39 is 0 Å². The molecule has 2 nitrogen and oxygen atoms in total. The maximum absolute atomic E-state index is 6.43. The molecule has 1 aromatic rings. The van der Waals surface area contributed by atoms with Gasteiger partial charge in [0.15, 0.2) is 0 Å². The summed E-state index contributed by atoms with van der Waals surface area (Å²) >= 11 is 0. The van der Waals surface area contributed by atoms with Crippen LogP contribution in [0, 0.1) is 17.8 Å². The van der Waals surface area contributed by atoms with Crippen LogP contribution in [0.5, 0.6) is 5.75 Å². The normalized spacial score (nSPS) is 43.5. The zero-order chi connectivity index (χ0) is 13.0. The summed E-state index contributed by atoms with van der Waals surface area (Å²) < 4.78 is 5.29. The molecule has 4 aliphatic rings. The molecule has 0 amide bonds. The molecular weight excluding hydrogens is 234 g/mol. The number of methoxy groups -OCH3 is 1. The summed E-state index contributed by atoms with van der Waals surface area (Å²) in [4.78, 5) is 0. The van der Waals surface area contributed by atoms with E-state index in [2.05, 4.69) is 24.3 Å². The highest BCUT2D eigenvalue weighted by Crippen LogP contribution is 2.60. The Hall–Kier alpha value is -1.02. The van der Waals surface area contributed by atoms with Crippen LogP contribution in [0.25, 0.3) is 0 Å². The number of ether oxygens (including phenoxy) is 1. The average molecular weight is 257 g/mol. The van der Waals surface area contributed by atoms with E-state index in [0.717, 1.165) is 23.5 Å². The predicted octanol–water partition coefficient (Wildman–Crippen LogP) is 3.10. The van der Waals surface area contributed by atoms with Crippen LogP contribution >= 0.6 is 0 Å². The van der Waals surface area contributed by atoms with Gasteiger partial charge in [0, 0.05) is 6.04 Å². The minimum absolute atomic E-state index is 0.429. The van der Waals surface area contributed by atoms with E-state index in [1.54, 1.807) is 7.11 Å². The van der Waals surface area contributed by atoms with Gasteiger partial charge in [-0.05, 0) is 73.0 Å². The van der Waals surface area contributed by atoms with Gasteiger partial charge in [-0.1, -0.05) is 12.1 Å². The smallest absolute Gasteiger partial charge is 0.118 e. The van der Waals surface area contributed by atoms with Gasteiger partial charge in [-0.2, -0.15) is 0 Å². The zero-order valence-electron chi connectivity index (χ0n) is 11.6. The van der Waals surface area contributed by atoms with E-state index >= 15 is 0 Å². The van der Waals surface area contributed by atoms with Crippen molar-refractivity contribution in [3.8, 4) is 5.75 Å². The molecule has 2 unspecified atom stereocenters. The Bertz CT molecular complexity index is 465. The van der Waals surface area contributed by atoms with Crippen molar-refractivity contribution < 1.29 is 4.74 Å². The zero-order valence-corrected chi connectivity index (χ0v) is 11.6. The summed E-state index contributed by atoms with van der Waals surface area (Å²) in [5.41, 5.74) is 8.39. The first-order chi connectivity index (χ1) is 9.20. The molecule has 0 aromatic heterocycles. The van der Waals surface area contributed by atoms with Gasteiger partial charge in [-0.15, -0.1) is 0 Å². The van der Waals surface area contributed by atoms with E-state index in [1.807, 2.05) is 0 Å². The van der Waals surface area contributed by atoms with Crippen molar-refractivity contribution in [2.75, 3.05) is 7.11 Å². The number of hydrogen-bond donors (Lipinski definition) is 1. The third-order valence-electron chi connectivity index (χ3n) is 6.05. The highest BCUT2D eigenvalue weighted by molar-refractivity contribution is 5.35. The molecule has 4 bridgehead atoms. The number of rotatable bonds is 2. The van der Waals surface area contributed by atoms with Gasteiger partial charge in [0.25, 0.3) is 0 Å². The molecule has 19 heavy (non-hydrogen) atoms. The van der Waals surface area contributed by atoms with Crippen molar-refractivity contribution in [1.82, 2.24) is 0 Å². The molecule has 0 spiro atoms. The maximum atomic E-state index is 6.43. The molecule has 2 atom stereocenters. The number of benzene rings is 1. The highest BCUT2D eigenvalue weighted by Gasteiger charge is 2.54. The lowest BCUT2D eigenvalue weighted by molar-refractivity contribution is -0.0226. The molecule has 0 aliphatic heterocycles. The molecule has 2 heteroatoms. The van der Waals surface area contributed by atoms with Crippen LogP contribution in [-0.2, 0) is 5.41 Å². The molecule has 4 fully saturated rings. The molecule has 0 radical (unpaired) electrons. The fraction of sp³-hybridized carbons (Fsp3) is 0.647. The Morgan fingerprint density at radius 1 is 1.05 bits per heavy atom. The Morgan fingerprint density at radius 3 is 2.26 bits per heavy atom. The van der Waals surface area contributed by atoms with Crippen LogP contribution in [0.3, 0.4) is 0 Å². The van der Waals surface area contributed by atoms with Gasteiger partial charge in [0.2, 0.25) is 0 Å². The van der Waals surface area contributed by atoms with Crippen LogP contribution in [0.2, 0.25) is 0 Å². The van der Waals surface area contributed by atoms with Crippen LogP contribution in [0.15, 0.2) is 24.3 Å². The molecular formula is C17H23NO. The second kappa shape index (κ2) is 3.99. The van der Waals surface area contributed by atoms with Crippen molar-refractivity contribution in [3.05, 3.63) is 29.8 Å². The first-order valence-corrected chi connectivity index (χ1v) is 7.60. The lowest BCUT2D eigenvalue weighted by atomic mass is 9.46. The molecule has 1 aromatic carbocycles. The summed E-state index contributed by atoms with van der Waals surface area (Å²) in [6, 6.07) is 9.29. The second-order valence-electron chi connectivity index (χ2n) is 7.06. The van der Waals surface area contributed by atoms with E-state index in [1.165, 1.54) is 37.7 Å². The van der Waals surface area contributed by atoms with Gasteiger partial charge in [0.1, 0.15) is 5.75 Å². The third-order valence-corrected chi connectivity index (χ3v) is 6.05. The quantitative estimate of drug-likeness (QED) is 0.883. The van der Waals surface area contributed by atoms with Crippen molar-refractivity contribution in [3.63, 3.8) is 0 Å². The monoisotopic (exact) mass is 257 g/mol. The Balaban J connectivity index is 1.70. The molecule has 5 rings (SSSR count). The van der Waals surface area contributed by atoms with Gasteiger partial charge < -0.3 is 10.5 Å². The van der Waals surface area contributed by atoms with Gasteiger partial charge in [-0.25, -0.2) is 0 Å². The van der Waals surface area contributed by atoms with E-state index in [4.69, 9.17) is 10.5 Å². The van der Waals surface area contributed by atoms with Crippen LogP contribution in [-0.4, -0.2) is 13.2 Å². The van der Waals surface area contributed by atoms with Crippen molar-refractivity contribution in [2.45, 2.75) is 43.6 Å². The minimum Gasteiger partial charge on any atom is -0.497 e. The summed E-state index contributed by atoms with van der Waals surface area (Å²) in [6.45, 7) is 0. The summed E-state index contributed by atoms with van der Waals surface area (Å²) in [5.74, 6) is 3.44. The van der Waals surface area contributed by atoms with Crippen LogP contribution in [0.4, 0.5) is 0 Å². The van der Waals surface area contributed by atoms with E-state index in [-0.39, 0.29) is 0 Å². The Morgan fingerprint density at radius 2 is 1.68 bits per heavy atom. The maximum Gasteiger partial charge on any atom is 0.118 e. The minimum atomic E-state index is 0.429. The van der Waals surface area contributed by atoms with Gasteiger partial charge in [0.05, 0.1) is 7.11 Å². The second-order valence-corrected chi connectivity index (χ2v) is 7.06. The lowest BCUT2D eigenvalue weighted by Gasteiger charge is -2.59. The summed E-state index contributed by atoms with van der Waals surface area (Å²) in [5, 5.41) is 0. The summed E-state index contributed by atoms with van der Waals surface area (Å²) in [7, 11) is 1.73. The molecule has 0 saturated heterocycles. The largest absolute Gasteiger partial charge is 0.497 e. The number of hydrogen-bond acceptors (Lipinski definition) is 2. The van der Waals surface area contributed by atoms with Gasteiger partial charge in [-0.3, -0.25) is 0 Å². The first-order valence-electron chi connectivity index (χ1n) is 7.60. The van der Waals surface area contributed by atoms with E-state index in [9.17, 15) is 0 Å². The average Bonchev–Trinajstić information content (AvgIpc) is 2.44. The lowest BCUT2D eigenvalue weighted by Crippen LogP contribution is -2.58. The van der Waals surface area contributed by atoms with Crippen molar-refractivity contribution in [1.29, 1.82) is 0 Å². The Kier molecular flexibility index (Phi) is 2.47. The fourth-order valence-electron chi connectivity index (χ4n) is 5.36. The molecule has 4 aliphatic carbocycles. The molecule has 0 heterocycles. The first kappa shape index (κ1) is 11.8. The standard InChI is InChI=1S/C17H23NO/c1-19-15-4-2-14(3-5-15)17-8-11-6-12(9-17)16(18)13(7-11)10-17/h2-5,11-13,16H,6-10,18H2,1H3. The molecule has 2 N–H and O–H groups in total. The molecule has 102 valence electrons. The van der Waals surface area contributed by atoms with Gasteiger partial charge >= 0.3 is 0 Å². The van der Waals surface area contributed by atoms with E-state index in [0.29, 0.717) is 11.5 Å². The third kappa shape index (κ3) is 1.66. The SMILES string of the molecule is COc1ccc(C23CC4CC(C2)C(N)C(C4)C3)cc1. The summed E-state index contributed by atoms with van der Waals surface area (Å²) in [6.07, 6.45) is 6.78. The Labute approximate surface area is 115 Å². The fourth-order valence-corrected chi connectivity index (χ4v) is 5.36. The van der Waals surface area contributed by atoms with Crippen LogP contribution in [0.1, 0.15) is 37.7 Å². The number of nitrogens with two attached hydrogens (primary N) is 1. The van der Waals surface area contributed by atoms with Crippen LogP contribution < -0.4 is 10.5 Å². The van der Waals surface area contributed by atoms with Crippen molar-refractivity contribution in [2.24, 2.45) is 23.5 Å². The highest BCUT2D eigenvalue weighted by atomic mass is 16.5. The molecule has 4 saturated carbocycles. The topological polar surface area (TPSA) is 35.2 Å².